The first-order valence-electron chi connectivity index (χ1n) is 14.1. The zero-order chi connectivity index (χ0) is 24.4. The van der Waals surface area contributed by atoms with Gasteiger partial charge in [0.25, 0.3) is 0 Å². The van der Waals surface area contributed by atoms with Gasteiger partial charge in [0.2, 0.25) is 0 Å². The number of allylic oxidation sites excluding steroid dienone is 2. The van der Waals surface area contributed by atoms with Gasteiger partial charge in [-0.15, -0.1) is 0 Å². The molecule has 0 bridgehead atoms. The second-order valence-electron chi connectivity index (χ2n) is 14.5. The van der Waals surface area contributed by atoms with Gasteiger partial charge in [-0.2, -0.15) is 0 Å². The highest BCUT2D eigenvalue weighted by atomic mass is 16.3. The highest BCUT2D eigenvalue weighted by Gasteiger charge is 2.69. The van der Waals surface area contributed by atoms with E-state index in [9.17, 15) is 9.90 Å². The minimum atomic E-state index is -0.576. The van der Waals surface area contributed by atoms with Crippen molar-refractivity contribution in [2.45, 2.75) is 125 Å². The molecule has 0 spiro atoms. The molecule has 33 heavy (non-hydrogen) atoms. The highest BCUT2D eigenvalue weighted by molar-refractivity contribution is 5.85. The summed E-state index contributed by atoms with van der Waals surface area (Å²) in [6, 6.07) is 0. The van der Waals surface area contributed by atoms with Crippen LogP contribution in [0.4, 0.5) is 0 Å². The van der Waals surface area contributed by atoms with Gasteiger partial charge >= 0.3 is 0 Å². The van der Waals surface area contributed by atoms with Crippen molar-refractivity contribution in [2.75, 3.05) is 0 Å². The van der Waals surface area contributed by atoms with Crippen LogP contribution in [-0.2, 0) is 4.79 Å². The molecule has 0 aliphatic heterocycles. The SMILES string of the molecule is CC(C)/C=C/CC[C@](C)(O)[C@H]1CC[C@]2(C)[C@@H]1CC[C@@H]1[C@@]3(C)CCC(=O)C(C)(C)[C@@H]3CC[C@]12C. The van der Waals surface area contributed by atoms with Gasteiger partial charge in [0, 0.05) is 11.8 Å². The van der Waals surface area contributed by atoms with Crippen LogP contribution in [0.2, 0.25) is 0 Å². The molecule has 0 amide bonds. The molecule has 0 aromatic heterocycles. The summed E-state index contributed by atoms with van der Waals surface area (Å²) in [4.78, 5) is 12.9. The predicted molar refractivity (Wildman–Crippen MR) is 138 cm³/mol. The lowest BCUT2D eigenvalue weighted by molar-refractivity contribution is -0.207. The van der Waals surface area contributed by atoms with Gasteiger partial charge in [-0.3, -0.25) is 4.79 Å². The zero-order valence-corrected chi connectivity index (χ0v) is 23.0. The molecule has 2 heteroatoms. The largest absolute Gasteiger partial charge is 0.390 e. The van der Waals surface area contributed by atoms with Crippen LogP contribution < -0.4 is 0 Å². The second-order valence-corrected chi connectivity index (χ2v) is 14.5. The van der Waals surface area contributed by atoms with Crippen molar-refractivity contribution in [3.05, 3.63) is 12.2 Å². The first kappa shape index (κ1) is 25.5. The Morgan fingerprint density at radius 2 is 1.64 bits per heavy atom. The lowest BCUT2D eigenvalue weighted by Crippen LogP contribution is -2.63. The van der Waals surface area contributed by atoms with Crippen molar-refractivity contribution in [3.8, 4) is 0 Å². The van der Waals surface area contributed by atoms with Crippen molar-refractivity contribution >= 4 is 5.78 Å². The third kappa shape index (κ3) is 3.71. The molecule has 0 radical (unpaired) electrons. The van der Waals surface area contributed by atoms with E-state index in [1.807, 2.05) is 0 Å². The van der Waals surface area contributed by atoms with E-state index in [0.717, 1.165) is 25.7 Å². The van der Waals surface area contributed by atoms with Crippen molar-refractivity contribution < 1.29 is 9.90 Å². The molecule has 4 saturated carbocycles. The number of hydrogen-bond acceptors (Lipinski definition) is 2. The Kier molecular flexibility index (Phi) is 6.33. The third-order valence-electron chi connectivity index (χ3n) is 12.3. The maximum Gasteiger partial charge on any atom is 0.138 e. The summed E-state index contributed by atoms with van der Waals surface area (Å²) in [6.07, 6.45) is 15.7. The maximum atomic E-state index is 12.9. The molecule has 0 saturated heterocycles. The number of carbonyl (C=O) groups is 1. The van der Waals surface area contributed by atoms with E-state index in [-0.39, 0.29) is 10.8 Å². The number of Topliss-reactive ketones (excluding diaryl/α,β-unsaturated/α-hetero) is 1. The Labute approximate surface area is 204 Å². The highest BCUT2D eigenvalue weighted by Crippen LogP contribution is 2.75. The van der Waals surface area contributed by atoms with Crippen molar-refractivity contribution in [1.29, 1.82) is 0 Å². The van der Waals surface area contributed by atoms with Gasteiger partial charge in [0.15, 0.2) is 0 Å². The quantitative estimate of drug-likeness (QED) is 0.426. The van der Waals surface area contributed by atoms with Gasteiger partial charge in [0.1, 0.15) is 5.78 Å². The molecule has 8 atom stereocenters. The lowest BCUT2D eigenvalue weighted by Gasteiger charge is -2.69. The van der Waals surface area contributed by atoms with E-state index in [1.54, 1.807) is 0 Å². The Morgan fingerprint density at radius 1 is 0.970 bits per heavy atom. The average Bonchev–Trinajstić information content (AvgIpc) is 3.08. The van der Waals surface area contributed by atoms with Gasteiger partial charge in [-0.25, -0.2) is 0 Å². The summed E-state index contributed by atoms with van der Waals surface area (Å²) >= 11 is 0. The van der Waals surface area contributed by atoms with Crippen molar-refractivity contribution in [2.24, 2.45) is 51.2 Å². The van der Waals surface area contributed by atoms with E-state index >= 15 is 0 Å². The Balaban J connectivity index is 1.58. The number of carbonyl (C=O) groups excluding carboxylic acids is 1. The predicted octanol–water partition coefficient (Wildman–Crippen LogP) is 7.98. The summed E-state index contributed by atoms with van der Waals surface area (Å²) in [5.41, 5.74) is 0.156. The fraction of sp³-hybridized carbons (Fsp3) is 0.903. The van der Waals surface area contributed by atoms with Crippen molar-refractivity contribution in [1.82, 2.24) is 0 Å². The molecule has 0 unspecified atom stereocenters. The summed E-state index contributed by atoms with van der Waals surface area (Å²) in [5, 5.41) is 11.7. The van der Waals surface area contributed by atoms with Crippen LogP contribution in [0, 0.1) is 51.2 Å². The number of aliphatic hydroxyl groups is 1. The molecule has 4 aliphatic carbocycles. The smallest absolute Gasteiger partial charge is 0.138 e. The van der Waals surface area contributed by atoms with E-state index in [0.29, 0.717) is 46.2 Å². The molecule has 0 heterocycles. The standard InChI is InChI=1S/C31H52O2/c1-21(2)11-9-10-17-31(8,33)23-14-19-29(6)22(23)12-13-25-28(5)18-16-26(32)27(3,4)24(28)15-20-30(25,29)7/h9,11,21-25,33H,10,12-20H2,1-8H3/b11-9+/t22-,23+,24+,25-,28+,29-,30-,31+/m1/s1. The molecule has 2 nitrogen and oxygen atoms in total. The normalized spacial score (nSPS) is 46.7. The zero-order valence-electron chi connectivity index (χ0n) is 23.0. The fourth-order valence-corrected chi connectivity index (χ4v) is 10.2. The summed E-state index contributed by atoms with van der Waals surface area (Å²) in [5.74, 6) is 3.35. The minimum absolute atomic E-state index is 0.169. The first-order valence-corrected chi connectivity index (χ1v) is 14.1. The van der Waals surface area contributed by atoms with Gasteiger partial charge in [0.05, 0.1) is 5.60 Å². The first-order chi connectivity index (χ1) is 15.2. The molecule has 188 valence electrons. The molecule has 4 rings (SSSR count). The minimum Gasteiger partial charge on any atom is -0.390 e. The molecule has 0 aromatic rings. The summed E-state index contributed by atoms with van der Waals surface area (Å²) in [6.45, 7) is 18.8. The Hall–Kier alpha value is -0.630. The van der Waals surface area contributed by atoms with Gasteiger partial charge in [-0.05, 0) is 111 Å². The van der Waals surface area contributed by atoms with Crippen LogP contribution in [0.3, 0.4) is 0 Å². The number of rotatable bonds is 5. The summed E-state index contributed by atoms with van der Waals surface area (Å²) in [7, 11) is 0. The van der Waals surface area contributed by atoms with Crippen LogP contribution >= 0.6 is 0 Å². The third-order valence-corrected chi connectivity index (χ3v) is 12.3. The van der Waals surface area contributed by atoms with E-state index in [1.165, 1.54) is 38.5 Å². The molecular weight excluding hydrogens is 404 g/mol. The Morgan fingerprint density at radius 3 is 2.30 bits per heavy atom. The monoisotopic (exact) mass is 456 g/mol. The molecule has 1 N–H and O–H groups in total. The molecule has 0 aromatic carbocycles. The topological polar surface area (TPSA) is 37.3 Å². The molecular formula is C31H52O2. The van der Waals surface area contributed by atoms with Crippen LogP contribution in [0.15, 0.2) is 12.2 Å². The van der Waals surface area contributed by atoms with E-state index in [4.69, 9.17) is 0 Å². The Bertz CT molecular complexity index is 791. The lowest BCUT2D eigenvalue weighted by atomic mass is 9.35. The number of hydrogen-bond donors (Lipinski definition) is 1. The summed E-state index contributed by atoms with van der Waals surface area (Å²) < 4.78 is 0. The van der Waals surface area contributed by atoms with Crippen LogP contribution in [0.1, 0.15) is 120 Å². The van der Waals surface area contributed by atoms with Crippen molar-refractivity contribution in [3.63, 3.8) is 0 Å². The van der Waals surface area contributed by atoms with Crippen LogP contribution in [-0.4, -0.2) is 16.5 Å². The second kappa shape index (κ2) is 8.21. The number of ketones is 1. The van der Waals surface area contributed by atoms with Crippen LogP contribution in [0.5, 0.6) is 0 Å². The number of fused-ring (bicyclic) bond motifs is 5. The van der Waals surface area contributed by atoms with Gasteiger partial charge < -0.3 is 5.11 Å². The maximum absolute atomic E-state index is 12.9. The van der Waals surface area contributed by atoms with Gasteiger partial charge in [-0.1, -0.05) is 60.6 Å². The van der Waals surface area contributed by atoms with E-state index < -0.39 is 5.60 Å². The molecule has 4 fully saturated rings. The van der Waals surface area contributed by atoms with E-state index in [2.05, 4.69) is 67.5 Å². The van der Waals surface area contributed by atoms with Crippen LogP contribution in [0.25, 0.3) is 0 Å². The fourth-order valence-electron chi connectivity index (χ4n) is 10.2. The molecule has 4 aliphatic rings. The average molecular weight is 457 g/mol.